The quantitative estimate of drug-likeness (QED) is 0.493. The fourth-order valence-electron chi connectivity index (χ4n) is 2.46. The molecular weight excluding hydrogens is 342 g/mol. The van der Waals surface area contributed by atoms with Crippen LogP contribution in [0.25, 0.3) is 0 Å². The monoisotopic (exact) mass is 357 g/mol. The number of methoxy groups -OCH3 is 1. The second kappa shape index (κ2) is 7.49. The zero-order valence-corrected chi connectivity index (χ0v) is 14.2. The van der Waals surface area contributed by atoms with E-state index >= 15 is 0 Å². The molecule has 0 heterocycles. The molecule has 2 nitrogen and oxygen atoms in total. The van der Waals surface area contributed by atoms with Crippen molar-refractivity contribution in [2.75, 3.05) is 7.11 Å². The number of hydrogen-bond acceptors (Lipinski definition) is 2. The van der Waals surface area contributed by atoms with Crippen molar-refractivity contribution in [1.29, 1.82) is 0 Å². The third kappa shape index (κ3) is 3.88. The largest absolute Gasteiger partial charge is 0.465 e. The summed E-state index contributed by atoms with van der Waals surface area (Å²) in [5, 5.41) is 0. The van der Waals surface area contributed by atoms with Gasteiger partial charge in [0.2, 0.25) is 0 Å². The smallest absolute Gasteiger partial charge is 0.338 e. The Hall–Kier alpha value is -2.66. The van der Waals surface area contributed by atoms with Gasteiger partial charge in [0, 0.05) is 18.2 Å². The van der Waals surface area contributed by atoms with Crippen molar-refractivity contribution in [1.82, 2.24) is 0 Å². The molecule has 3 rings (SSSR count). The normalized spacial score (nSPS) is 10.7. The van der Waals surface area contributed by atoms with E-state index in [1.165, 1.54) is 31.4 Å². The van der Waals surface area contributed by atoms with E-state index in [0.29, 0.717) is 15.4 Å². The van der Waals surface area contributed by atoms with Gasteiger partial charge in [-0.15, -0.1) is 0 Å². The first-order chi connectivity index (χ1) is 12.1. The minimum absolute atomic E-state index is 0.365. The molecule has 0 aliphatic rings. The molecule has 0 fully saturated rings. The first-order valence-electron chi connectivity index (χ1n) is 7.52. The average molecular weight is 357 g/mol. The average Bonchev–Trinajstić information content (AvgIpc) is 2.62. The van der Waals surface area contributed by atoms with Gasteiger partial charge in [0.05, 0.1) is 23.6 Å². The Labute approximate surface area is 147 Å². The first kappa shape index (κ1) is 17.2. The summed E-state index contributed by atoms with van der Waals surface area (Å²) in [6, 6.07) is 19.3. The summed E-state index contributed by atoms with van der Waals surface area (Å²) in [6.07, 6.45) is 0. The number of rotatable bonds is 4. The lowest BCUT2D eigenvalue weighted by Crippen LogP contribution is -2.08. The van der Waals surface area contributed by atoms with Crippen LogP contribution in [0.4, 0.5) is 8.78 Å². The van der Waals surface area contributed by atoms with Crippen molar-refractivity contribution in [3.63, 3.8) is 0 Å². The minimum atomic E-state index is -0.752. The highest BCUT2D eigenvalue weighted by Gasteiger charge is 2.30. The molecule has 25 heavy (non-hydrogen) atoms. The van der Waals surface area contributed by atoms with Crippen molar-refractivity contribution in [3.05, 3.63) is 90.0 Å². The lowest BCUT2D eigenvalue weighted by Gasteiger charge is -2.09. The van der Waals surface area contributed by atoms with Crippen LogP contribution < -0.4 is 0 Å². The summed E-state index contributed by atoms with van der Waals surface area (Å²) in [4.78, 5) is 14.0. The Morgan fingerprint density at radius 3 is 1.76 bits per heavy atom. The fourth-order valence-corrected chi connectivity index (χ4v) is 4.63. The lowest BCUT2D eigenvalue weighted by atomic mass is 10.2. The van der Waals surface area contributed by atoms with E-state index < -0.39 is 16.9 Å². The van der Waals surface area contributed by atoms with Crippen molar-refractivity contribution in [2.45, 2.75) is 14.7 Å². The van der Waals surface area contributed by atoms with Crippen molar-refractivity contribution < 1.29 is 18.3 Å². The number of ether oxygens (including phenoxy) is 1. The topological polar surface area (TPSA) is 26.3 Å². The minimum Gasteiger partial charge on any atom is -0.465 e. The summed E-state index contributed by atoms with van der Waals surface area (Å²) in [5.41, 5.74) is 0.394. The van der Waals surface area contributed by atoms with Crippen LogP contribution in [0.5, 0.6) is 0 Å². The van der Waals surface area contributed by atoms with Gasteiger partial charge in [0.15, 0.2) is 14.7 Å². The van der Waals surface area contributed by atoms with E-state index in [0.717, 1.165) is 4.90 Å². The number of carbonyl (C=O) groups excluding carboxylic acids is 1. The molecule has 0 radical (unpaired) electrons. The van der Waals surface area contributed by atoms with Crippen LogP contribution in [0.15, 0.2) is 87.5 Å². The first-order valence-corrected chi connectivity index (χ1v) is 8.75. The highest BCUT2D eigenvalue weighted by molar-refractivity contribution is 7.97. The van der Waals surface area contributed by atoms with Gasteiger partial charge < -0.3 is 4.74 Å². The Kier molecular flexibility index (Phi) is 5.14. The highest BCUT2D eigenvalue weighted by atomic mass is 32.2. The molecule has 3 aromatic rings. The van der Waals surface area contributed by atoms with Crippen LogP contribution >= 0.6 is 0 Å². The van der Waals surface area contributed by atoms with E-state index in [4.69, 9.17) is 4.74 Å². The SMILES string of the molecule is COC(=O)c1cccc([S+](c2cccc(F)c2)c2cccc(F)c2)c1. The number of halogens is 2. The molecule has 0 aliphatic carbocycles. The van der Waals surface area contributed by atoms with Crippen LogP contribution in [0.2, 0.25) is 0 Å². The van der Waals surface area contributed by atoms with Gasteiger partial charge in [-0.1, -0.05) is 18.2 Å². The maximum Gasteiger partial charge on any atom is 0.338 e. The van der Waals surface area contributed by atoms with E-state index in [1.54, 1.807) is 42.5 Å². The molecule has 0 aliphatic heterocycles. The molecule has 0 saturated heterocycles. The molecule has 0 amide bonds. The van der Waals surface area contributed by atoms with E-state index in [-0.39, 0.29) is 11.6 Å². The van der Waals surface area contributed by atoms with Crippen LogP contribution in [0, 0.1) is 11.6 Å². The van der Waals surface area contributed by atoms with Crippen molar-refractivity contribution in [3.8, 4) is 0 Å². The van der Waals surface area contributed by atoms with E-state index in [1.807, 2.05) is 6.07 Å². The third-order valence-corrected chi connectivity index (χ3v) is 5.73. The fraction of sp³-hybridized carbons (Fsp3) is 0.0500. The highest BCUT2D eigenvalue weighted by Crippen LogP contribution is 2.32. The summed E-state index contributed by atoms with van der Waals surface area (Å²) in [7, 11) is 0.562. The van der Waals surface area contributed by atoms with Crippen LogP contribution in [0.1, 0.15) is 10.4 Å². The Morgan fingerprint density at radius 2 is 1.28 bits per heavy atom. The molecule has 0 bridgehead atoms. The molecular formula is C20H15F2O2S+. The molecule has 0 aromatic heterocycles. The van der Waals surface area contributed by atoms with Crippen LogP contribution in [-0.4, -0.2) is 13.1 Å². The standard InChI is InChI=1S/C20H15F2O2S/c1-24-20(23)14-5-2-8-17(11-14)25(18-9-3-6-15(21)12-18)19-10-4-7-16(22)13-19/h2-13H,1H3/q+1. The van der Waals surface area contributed by atoms with Gasteiger partial charge in [-0.3, -0.25) is 0 Å². The summed E-state index contributed by atoms with van der Waals surface area (Å²) in [6.45, 7) is 0. The molecule has 0 saturated carbocycles. The van der Waals surface area contributed by atoms with Crippen molar-refractivity contribution >= 4 is 16.9 Å². The Bertz CT molecular complexity index is 866. The number of hydrogen-bond donors (Lipinski definition) is 0. The molecule has 0 unspecified atom stereocenters. The van der Waals surface area contributed by atoms with Gasteiger partial charge >= 0.3 is 5.97 Å². The van der Waals surface area contributed by atoms with Gasteiger partial charge in [-0.2, -0.15) is 0 Å². The van der Waals surface area contributed by atoms with E-state index in [9.17, 15) is 13.6 Å². The van der Waals surface area contributed by atoms with Crippen LogP contribution in [-0.2, 0) is 15.6 Å². The predicted octanol–water partition coefficient (Wildman–Crippen LogP) is 4.85. The molecule has 0 N–H and O–H groups in total. The van der Waals surface area contributed by atoms with Crippen molar-refractivity contribution in [2.24, 2.45) is 0 Å². The maximum atomic E-state index is 13.8. The van der Waals surface area contributed by atoms with Gasteiger partial charge in [-0.25, -0.2) is 13.6 Å². The van der Waals surface area contributed by atoms with Gasteiger partial charge in [-0.05, 0) is 36.4 Å². The maximum absolute atomic E-state index is 13.8. The zero-order chi connectivity index (χ0) is 17.8. The summed E-state index contributed by atoms with van der Waals surface area (Å²) >= 11 is 0. The predicted molar refractivity (Wildman–Crippen MR) is 92.7 cm³/mol. The third-order valence-electron chi connectivity index (χ3n) is 3.55. The molecule has 5 heteroatoms. The molecule has 0 atom stereocenters. The van der Waals surface area contributed by atoms with Gasteiger partial charge in [0.1, 0.15) is 11.6 Å². The number of esters is 1. The molecule has 3 aromatic carbocycles. The Morgan fingerprint density at radius 1 is 0.800 bits per heavy atom. The van der Waals surface area contributed by atoms with Crippen LogP contribution in [0.3, 0.4) is 0 Å². The Balaban J connectivity index is 2.16. The zero-order valence-electron chi connectivity index (χ0n) is 13.4. The lowest BCUT2D eigenvalue weighted by molar-refractivity contribution is 0.0600. The summed E-state index contributed by atoms with van der Waals surface area (Å²) in [5.74, 6) is -1.19. The second-order valence-corrected chi connectivity index (χ2v) is 7.27. The van der Waals surface area contributed by atoms with Gasteiger partial charge in [0.25, 0.3) is 0 Å². The van der Waals surface area contributed by atoms with E-state index in [2.05, 4.69) is 0 Å². The molecule has 126 valence electrons. The second-order valence-electron chi connectivity index (χ2n) is 5.24. The summed E-state index contributed by atoms with van der Waals surface area (Å²) < 4.78 is 32.3. The number of benzene rings is 3. The molecule has 0 spiro atoms. The number of carbonyl (C=O) groups is 1.